The van der Waals surface area contributed by atoms with Gasteiger partial charge < -0.3 is 0 Å². The molecule has 0 saturated heterocycles. The van der Waals surface area contributed by atoms with E-state index in [1.54, 1.807) is 17.5 Å². The fraction of sp³-hybridized carbons (Fsp3) is 0. The highest BCUT2D eigenvalue weighted by Crippen LogP contribution is 2.34. The third kappa shape index (κ3) is 1.80. The van der Waals surface area contributed by atoms with Crippen molar-refractivity contribution in [2.75, 3.05) is 0 Å². The summed E-state index contributed by atoms with van der Waals surface area (Å²) in [6.07, 6.45) is 0.711. The lowest BCUT2D eigenvalue weighted by Crippen LogP contribution is -1.86. The van der Waals surface area contributed by atoms with E-state index in [2.05, 4.69) is 0 Å². The molecule has 0 atom stereocenters. The Morgan fingerprint density at radius 1 is 1.33 bits per heavy atom. The molecule has 0 aliphatic rings. The van der Waals surface area contributed by atoms with Gasteiger partial charge in [0.1, 0.15) is 5.82 Å². The van der Waals surface area contributed by atoms with Gasteiger partial charge in [0.25, 0.3) is 0 Å². The molecule has 1 nitrogen and oxygen atoms in total. The van der Waals surface area contributed by atoms with Crippen LogP contribution in [0.15, 0.2) is 29.6 Å². The summed E-state index contributed by atoms with van der Waals surface area (Å²) in [5.41, 5.74) is 0.848. The summed E-state index contributed by atoms with van der Waals surface area (Å²) < 4.78 is 13.5. The van der Waals surface area contributed by atoms with Crippen LogP contribution in [0.5, 0.6) is 0 Å². The molecule has 15 heavy (non-hydrogen) atoms. The largest absolute Gasteiger partial charge is 0.297 e. The summed E-state index contributed by atoms with van der Waals surface area (Å²) in [5.74, 6) is -0.413. The molecule has 0 spiro atoms. The fourth-order valence-electron chi connectivity index (χ4n) is 1.37. The Bertz CT molecular complexity index is 487. The molecule has 0 saturated carbocycles. The van der Waals surface area contributed by atoms with Crippen LogP contribution < -0.4 is 0 Å². The van der Waals surface area contributed by atoms with Crippen LogP contribution in [0.3, 0.4) is 0 Å². The number of benzene rings is 1. The van der Waals surface area contributed by atoms with Crippen molar-refractivity contribution in [3.63, 3.8) is 0 Å². The minimum atomic E-state index is -0.413. The normalized spacial score (nSPS) is 10.3. The van der Waals surface area contributed by atoms with E-state index < -0.39 is 5.82 Å². The molecule has 4 heteroatoms. The molecule has 76 valence electrons. The Morgan fingerprint density at radius 2 is 2.13 bits per heavy atom. The molecule has 1 heterocycles. The van der Waals surface area contributed by atoms with Gasteiger partial charge >= 0.3 is 0 Å². The average molecular weight is 241 g/mol. The van der Waals surface area contributed by atoms with E-state index >= 15 is 0 Å². The minimum absolute atomic E-state index is 0.294. The zero-order valence-corrected chi connectivity index (χ0v) is 9.11. The number of aldehydes is 1. The monoisotopic (exact) mass is 240 g/mol. The van der Waals surface area contributed by atoms with Gasteiger partial charge in [-0.05, 0) is 23.6 Å². The van der Waals surface area contributed by atoms with Gasteiger partial charge in [-0.15, -0.1) is 11.3 Å². The van der Waals surface area contributed by atoms with Crippen LogP contribution in [0.1, 0.15) is 9.67 Å². The van der Waals surface area contributed by atoms with E-state index in [4.69, 9.17) is 11.6 Å². The number of carbonyl (C=O) groups excluding carboxylic acids is 1. The summed E-state index contributed by atoms with van der Waals surface area (Å²) in [5, 5.41) is 2.05. The summed E-state index contributed by atoms with van der Waals surface area (Å²) in [7, 11) is 0. The van der Waals surface area contributed by atoms with Crippen LogP contribution in [-0.4, -0.2) is 6.29 Å². The number of carbonyl (C=O) groups is 1. The molecule has 2 rings (SSSR count). The van der Waals surface area contributed by atoms with Crippen LogP contribution >= 0.6 is 22.9 Å². The molecule has 0 aliphatic heterocycles. The molecule has 0 bridgehead atoms. The van der Waals surface area contributed by atoms with Gasteiger partial charge in [-0.2, -0.15) is 0 Å². The first-order chi connectivity index (χ1) is 7.24. The van der Waals surface area contributed by atoms with Gasteiger partial charge in [-0.1, -0.05) is 17.7 Å². The number of halogens is 2. The lowest BCUT2D eigenvalue weighted by atomic mass is 10.1. The van der Waals surface area contributed by atoms with E-state index in [9.17, 15) is 9.18 Å². The molecule has 1 aromatic heterocycles. The SMILES string of the molecule is O=Cc1sccc1-c1c(F)cccc1Cl. The Kier molecular flexibility index (Phi) is 2.84. The van der Waals surface area contributed by atoms with E-state index in [0.717, 1.165) is 0 Å². The maximum atomic E-state index is 13.5. The Morgan fingerprint density at radius 3 is 2.80 bits per heavy atom. The zero-order chi connectivity index (χ0) is 10.8. The van der Waals surface area contributed by atoms with E-state index in [-0.39, 0.29) is 0 Å². The Labute approximate surface area is 95.1 Å². The highest BCUT2D eigenvalue weighted by Gasteiger charge is 2.13. The predicted octanol–water partition coefficient (Wildman–Crippen LogP) is 4.02. The van der Waals surface area contributed by atoms with Crippen molar-refractivity contribution < 1.29 is 9.18 Å². The number of hydrogen-bond acceptors (Lipinski definition) is 2. The van der Waals surface area contributed by atoms with E-state index in [0.29, 0.717) is 27.3 Å². The van der Waals surface area contributed by atoms with Crippen LogP contribution in [0.25, 0.3) is 11.1 Å². The fourth-order valence-corrected chi connectivity index (χ4v) is 2.34. The number of rotatable bonds is 2. The molecule has 0 unspecified atom stereocenters. The third-order valence-electron chi connectivity index (χ3n) is 2.03. The molecule has 0 aliphatic carbocycles. The van der Waals surface area contributed by atoms with Gasteiger partial charge in [0.15, 0.2) is 6.29 Å². The molecule has 0 radical (unpaired) electrons. The van der Waals surface area contributed by atoms with E-state index in [1.807, 2.05) is 0 Å². The second-order valence-corrected chi connectivity index (χ2v) is 4.27. The third-order valence-corrected chi connectivity index (χ3v) is 3.19. The van der Waals surface area contributed by atoms with Gasteiger partial charge in [0, 0.05) is 11.1 Å². The number of thiophene rings is 1. The maximum Gasteiger partial charge on any atom is 0.160 e. The lowest BCUT2D eigenvalue weighted by molar-refractivity contribution is 0.112. The molecular weight excluding hydrogens is 235 g/mol. The van der Waals surface area contributed by atoms with Gasteiger partial charge in [0.05, 0.1) is 9.90 Å². The van der Waals surface area contributed by atoms with Gasteiger partial charge in [-0.3, -0.25) is 4.79 Å². The maximum absolute atomic E-state index is 13.5. The molecule has 2 aromatic rings. The molecule has 1 aromatic carbocycles. The Hall–Kier alpha value is -1.19. The first-order valence-corrected chi connectivity index (χ1v) is 5.47. The standard InChI is InChI=1S/C11H6ClFOS/c12-8-2-1-3-9(13)11(8)7-4-5-15-10(7)6-14/h1-6H. The van der Waals surface area contributed by atoms with E-state index in [1.165, 1.54) is 23.5 Å². The molecule has 0 amide bonds. The summed E-state index contributed by atoms with van der Waals surface area (Å²) in [6.45, 7) is 0. The van der Waals surface area contributed by atoms with Crippen molar-refractivity contribution in [1.29, 1.82) is 0 Å². The molecular formula is C11H6ClFOS. The topological polar surface area (TPSA) is 17.1 Å². The molecule has 0 N–H and O–H groups in total. The van der Waals surface area contributed by atoms with Crippen LogP contribution in [0.4, 0.5) is 4.39 Å². The van der Waals surface area contributed by atoms with Crippen LogP contribution in [0.2, 0.25) is 5.02 Å². The smallest absolute Gasteiger partial charge is 0.160 e. The minimum Gasteiger partial charge on any atom is -0.297 e. The lowest BCUT2D eigenvalue weighted by Gasteiger charge is -2.04. The van der Waals surface area contributed by atoms with Crippen molar-refractivity contribution >= 4 is 29.2 Å². The average Bonchev–Trinajstić information content (AvgIpc) is 2.65. The zero-order valence-electron chi connectivity index (χ0n) is 7.54. The van der Waals surface area contributed by atoms with Crippen molar-refractivity contribution in [1.82, 2.24) is 0 Å². The first-order valence-electron chi connectivity index (χ1n) is 4.21. The van der Waals surface area contributed by atoms with Crippen molar-refractivity contribution in [2.45, 2.75) is 0 Å². The second-order valence-electron chi connectivity index (χ2n) is 2.91. The van der Waals surface area contributed by atoms with Gasteiger partial charge in [0.2, 0.25) is 0 Å². The summed E-state index contributed by atoms with van der Waals surface area (Å²) >= 11 is 7.17. The predicted molar refractivity (Wildman–Crippen MR) is 60.1 cm³/mol. The van der Waals surface area contributed by atoms with Crippen molar-refractivity contribution in [3.8, 4) is 11.1 Å². The van der Waals surface area contributed by atoms with Crippen LogP contribution in [0, 0.1) is 5.82 Å². The van der Waals surface area contributed by atoms with Crippen molar-refractivity contribution in [3.05, 3.63) is 45.4 Å². The first kappa shape index (κ1) is 10.3. The summed E-state index contributed by atoms with van der Waals surface area (Å²) in [6, 6.07) is 6.16. The van der Waals surface area contributed by atoms with Crippen molar-refractivity contribution in [2.24, 2.45) is 0 Å². The van der Waals surface area contributed by atoms with Gasteiger partial charge in [-0.25, -0.2) is 4.39 Å². The quantitative estimate of drug-likeness (QED) is 0.725. The van der Waals surface area contributed by atoms with Crippen LogP contribution in [-0.2, 0) is 0 Å². The number of hydrogen-bond donors (Lipinski definition) is 0. The highest BCUT2D eigenvalue weighted by molar-refractivity contribution is 7.12. The highest BCUT2D eigenvalue weighted by atomic mass is 35.5. The Balaban J connectivity index is 2.68. The summed E-state index contributed by atoms with van der Waals surface area (Å²) in [4.78, 5) is 11.2. The second kappa shape index (κ2) is 4.13. The molecule has 0 fully saturated rings.